The third-order valence-corrected chi connectivity index (χ3v) is 4.27. The fourth-order valence-electron chi connectivity index (χ4n) is 3.06. The quantitative estimate of drug-likeness (QED) is 0.552. The highest BCUT2D eigenvalue weighted by molar-refractivity contribution is 6.09. The van der Waals surface area contributed by atoms with Gasteiger partial charge in [-0.05, 0) is 33.8 Å². The van der Waals surface area contributed by atoms with E-state index in [0.29, 0.717) is 22.7 Å². The zero-order valence-electron chi connectivity index (χ0n) is 16.8. The van der Waals surface area contributed by atoms with Crippen LogP contribution in [0.1, 0.15) is 50.2 Å². The van der Waals surface area contributed by atoms with E-state index in [1.807, 2.05) is 19.1 Å². The molecular formula is C21H25NO6. The number of H-pyrrole nitrogens is 1. The third-order valence-electron chi connectivity index (χ3n) is 4.27. The number of aromatic nitrogens is 1. The minimum atomic E-state index is -0.580. The first-order chi connectivity index (χ1) is 13.3. The number of carbonyl (C=O) groups is 3. The van der Waals surface area contributed by atoms with Crippen molar-refractivity contribution in [1.82, 2.24) is 4.98 Å². The summed E-state index contributed by atoms with van der Waals surface area (Å²) in [7, 11) is 1.52. The van der Waals surface area contributed by atoms with Gasteiger partial charge >= 0.3 is 11.9 Å². The number of hydrogen-bond donors (Lipinski definition) is 1. The molecule has 1 aromatic carbocycles. The number of Topliss-reactive ketones (excluding diaryl/α,β-unsaturated/α-hetero) is 1. The van der Waals surface area contributed by atoms with Crippen LogP contribution >= 0.6 is 0 Å². The summed E-state index contributed by atoms with van der Waals surface area (Å²) in [6.07, 6.45) is -0.0198. The minimum absolute atomic E-state index is 0.0198. The molecule has 0 amide bonds. The van der Waals surface area contributed by atoms with E-state index in [1.165, 1.54) is 7.11 Å². The van der Waals surface area contributed by atoms with Crippen LogP contribution in [0.25, 0.3) is 0 Å². The predicted molar refractivity (Wildman–Crippen MR) is 103 cm³/mol. The van der Waals surface area contributed by atoms with Crippen LogP contribution in [0, 0.1) is 20.8 Å². The molecule has 0 aliphatic carbocycles. The topological polar surface area (TPSA) is 94.7 Å². The molecule has 1 aromatic heterocycles. The van der Waals surface area contributed by atoms with Gasteiger partial charge in [-0.3, -0.25) is 9.59 Å². The van der Waals surface area contributed by atoms with Crippen LogP contribution in [0.3, 0.4) is 0 Å². The van der Waals surface area contributed by atoms with E-state index in [4.69, 9.17) is 14.2 Å². The Morgan fingerprint density at radius 3 is 2.32 bits per heavy atom. The molecule has 0 fully saturated rings. The SMILES string of the molecule is CCOC(=O)c1c(C)[nH]c(C)c1C(=O)COC(=O)Cc1cc(C)ccc1OC. The molecule has 7 nitrogen and oxygen atoms in total. The second-order valence-electron chi connectivity index (χ2n) is 6.42. The molecule has 2 aromatic rings. The number of ketones is 1. The Hall–Kier alpha value is -3.09. The van der Waals surface area contributed by atoms with E-state index in [1.54, 1.807) is 26.8 Å². The molecule has 28 heavy (non-hydrogen) atoms. The lowest BCUT2D eigenvalue weighted by molar-refractivity contribution is -0.141. The van der Waals surface area contributed by atoms with Gasteiger partial charge in [0.15, 0.2) is 6.61 Å². The fourth-order valence-corrected chi connectivity index (χ4v) is 3.06. The standard InChI is InChI=1S/C21H25NO6/c1-6-27-21(25)20-14(4)22-13(3)19(20)16(23)11-28-18(24)10-15-9-12(2)7-8-17(15)26-5/h7-9,22H,6,10-11H2,1-5H3. The number of carbonyl (C=O) groups excluding carboxylic acids is 3. The highest BCUT2D eigenvalue weighted by atomic mass is 16.5. The molecule has 0 radical (unpaired) electrons. The van der Waals surface area contributed by atoms with Crippen molar-refractivity contribution >= 4 is 17.7 Å². The first kappa shape index (κ1) is 21.2. The van der Waals surface area contributed by atoms with Gasteiger partial charge in [0.25, 0.3) is 0 Å². The summed E-state index contributed by atoms with van der Waals surface area (Å²) < 4.78 is 15.4. The van der Waals surface area contributed by atoms with E-state index >= 15 is 0 Å². The Bertz CT molecular complexity index is 897. The smallest absolute Gasteiger partial charge is 0.340 e. The highest BCUT2D eigenvalue weighted by Crippen LogP contribution is 2.22. The maximum atomic E-state index is 12.6. The van der Waals surface area contributed by atoms with Crippen molar-refractivity contribution in [3.8, 4) is 5.75 Å². The number of aryl methyl sites for hydroxylation is 3. The Morgan fingerprint density at radius 2 is 1.68 bits per heavy atom. The lowest BCUT2D eigenvalue weighted by atomic mass is 10.1. The van der Waals surface area contributed by atoms with Crippen molar-refractivity contribution in [3.63, 3.8) is 0 Å². The first-order valence-electron chi connectivity index (χ1n) is 8.97. The van der Waals surface area contributed by atoms with Crippen LogP contribution in [0.5, 0.6) is 5.75 Å². The molecule has 0 bridgehead atoms. The zero-order chi connectivity index (χ0) is 20.8. The van der Waals surface area contributed by atoms with Gasteiger partial charge in [-0.1, -0.05) is 17.7 Å². The summed E-state index contributed by atoms with van der Waals surface area (Å²) in [5.74, 6) is -1.02. The third kappa shape index (κ3) is 4.79. The average molecular weight is 387 g/mol. The lowest BCUT2D eigenvalue weighted by Crippen LogP contribution is -2.19. The minimum Gasteiger partial charge on any atom is -0.496 e. The molecule has 2 rings (SSSR count). The maximum absolute atomic E-state index is 12.6. The second kappa shape index (κ2) is 9.21. The fraction of sp³-hybridized carbons (Fsp3) is 0.381. The van der Waals surface area contributed by atoms with E-state index in [9.17, 15) is 14.4 Å². The summed E-state index contributed by atoms with van der Waals surface area (Å²) in [6.45, 7) is 6.71. The summed E-state index contributed by atoms with van der Waals surface area (Å²) in [5, 5.41) is 0. The number of methoxy groups -OCH3 is 1. The molecule has 0 saturated heterocycles. The van der Waals surface area contributed by atoms with Crippen molar-refractivity contribution in [2.75, 3.05) is 20.3 Å². The zero-order valence-corrected chi connectivity index (χ0v) is 16.8. The number of ether oxygens (including phenoxy) is 3. The number of aromatic amines is 1. The summed E-state index contributed by atoms with van der Waals surface area (Å²) >= 11 is 0. The summed E-state index contributed by atoms with van der Waals surface area (Å²) in [5.41, 5.74) is 3.10. The first-order valence-corrected chi connectivity index (χ1v) is 8.97. The Balaban J connectivity index is 2.10. The molecule has 150 valence electrons. The van der Waals surface area contributed by atoms with E-state index < -0.39 is 24.3 Å². The van der Waals surface area contributed by atoms with E-state index in [2.05, 4.69) is 4.98 Å². The van der Waals surface area contributed by atoms with Gasteiger partial charge < -0.3 is 19.2 Å². The summed E-state index contributed by atoms with van der Waals surface area (Å²) in [4.78, 5) is 40.0. The van der Waals surface area contributed by atoms with Crippen LogP contribution in [-0.2, 0) is 20.7 Å². The number of benzene rings is 1. The molecule has 0 aliphatic rings. The lowest BCUT2D eigenvalue weighted by Gasteiger charge is -2.10. The van der Waals surface area contributed by atoms with Crippen molar-refractivity contribution in [2.24, 2.45) is 0 Å². The Kier molecular flexibility index (Phi) is 6.98. The molecule has 0 spiro atoms. The van der Waals surface area contributed by atoms with Gasteiger partial charge in [-0.15, -0.1) is 0 Å². The molecule has 1 N–H and O–H groups in total. The van der Waals surface area contributed by atoms with Crippen LogP contribution < -0.4 is 4.74 Å². The molecule has 0 saturated carbocycles. The monoisotopic (exact) mass is 387 g/mol. The molecular weight excluding hydrogens is 362 g/mol. The summed E-state index contributed by atoms with van der Waals surface area (Å²) in [6, 6.07) is 5.49. The van der Waals surface area contributed by atoms with Gasteiger partial charge in [0.05, 0.1) is 31.3 Å². The average Bonchev–Trinajstić information content (AvgIpc) is 2.94. The largest absolute Gasteiger partial charge is 0.496 e. The maximum Gasteiger partial charge on any atom is 0.340 e. The van der Waals surface area contributed by atoms with Crippen molar-refractivity contribution in [1.29, 1.82) is 0 Å². The number of hydrogen-bond acceptors (Lipinski definition) is 6. The molecule has 7 heteroatoms. The molecule has 1 heterocycles. The Labute approximate surface area is 164 Å². The predicted octanol–water partition coefficient (Wildman–Crippen LogP) is 3.09. The highest BCUT2D eigenvalue weighted by Gasteiger charge is 2.26. The van der Waals surface area contributed by atoms with E-state index in [0.717, 1.165) is 5.56 Å². The van der Waals surface area contributed by atoms with E-state index in [-0.39, 0.29) is 24.2 Å². The van der Waals surface area contributed by atoms with Gasteiger partial charge in [-0.2, -0.15) is 0 Å². The number of rotatable bonds is 8. The Morgan fingerprint density at radius 1 is 1.00 bits per heavy atom. The van der Waals surface area contributed by atoms with Crippen LogP contribution in [0.4, 0.5) is 0 Å². The van der Waals surface area contributed by atoms with Crippen LogP contribution in [0.15, 0.2) is 18.2 Å². The normalized spacial score (nSPS) is 10.5. The van der Waals surface area contributed by atoms with Gasteiger partial charge in [0.2, 0.25) is 5.78 Å². The van der Waals surface area contributed by atoms with Crippen molar-refractivity contribution in [2.45, 2.75) is 34.1 Å². The van der Waals surface area contributed by atoms with Crippen LogP contribution in [-0.4, -0.2) is 43.0 Å². The molecule has 0 atom stereocenters. The van der Waals surface area contributed by atoms with Crippen molar-refractivity contribution in [3.05, 3.63) is 51.8 Å². The second-order valence-corrected chi connectivity index (χ2v) is 6.42. The number of nitrogens with one attached hydrogen (secondary N) is 1. The molecule has 0 unspecified atom stereocenters. The van der Waals surface area contributed by atoms with Gasteiger partial charge in [0, 0.05) is 17.0 Å². The number of esters is 2. The van der Waals surface area contributed by atoms with Crippen molar-refractivity contribution < 1.29 is 28.6 Å². The van der Waals surface area contributed by atoms with Gasteiger partial charge in [0.1, 0.15) is 5.75 Å². The molecule has 0 aliphatic heterocycles. The van der Waals surface area contributed by atoms with Gasteiger partial charge in [-0.25, -0.2) is 4.79 Å². The van der Waals surface area contributed by atoms with Crippen LogP contribution in [0.2, 0.25) is 0 Å².